The average Bonchev–Trinajstić information content (AvgIpc) is 2.22. The Morgan fingerprint density at radius 3 is 2.53 bits per heavy atom. The fourth-order valence-electron chi connectivity index (χ4n) is 1.28. The summed E-state index contributed by atoms with van der Waals surface area (Å²) >= 11 is 0. The van der Waals surface area contributed by atoms with Crippen LogP contribution in [0.3, 0.4) is 0 Å². The summed E-state index contributed by atoms with van der Waals surface area (Å²) < 4.78 is 5.13. The summed E-state index contributed by atoms with van der Waals surface area (Å²) in [5.74, 6) is 0.337. The van der Waals surface area contributed by atoms with Gasteiger partial charge in [-0.3, -0.25) is 4.79 Å². The van der Waals surface area contributed by atoms with Crippen LogP contribution in [-0.4, -0.2) is 11.1 Å². The number of rotatable bonds is 4. The number of carbonyl (C=O) groups is 1. The molecule has 0 aromatic heterocycles. The van der Waals surface area contributed by atoms with Crippen molar-refractivity contribution in [2.75, 3.05) is 0 Å². The van der Waals surface area contributed by atoms with Gasteiger partial charge < -0.3 is 9.84 Å². The molecule has 0 spiro atoms. The summed E-state index contributed by atoms with van der Waals surface area (Å²) in [6, 6.07) is 6.14. The van der Waals surface area contributed by atoms with Crippen molar-refractivity contribution in [3.8, 4) is 11.5 Å². The van der Waals surface area contributed by atoms with Crippen LogP contribution in [0.15, 0.2) is 24.3 Å². The van der Waals surface area contributed by atoms with E-state index in [9.17, 15) is 4.79 Å². The molecule has 1 unspecified atom stereocenters. The predicted octanol–water partition coefficient (Wildman–Crippen LogP) is 2.73. The minimum Gasteiger partial charge on any atom is -0.508 e. The highest BCUT2D eigenvalue weighted by Gasteiger charge is 2.13. The molecule has 1 atom stereocenters. The zero-order valence-corrected chi connectivity index (χ0v) is 9.06. The molecule has 1 rings (SSSR count). The Hall–Kier alpha value is -1.51. The van der Waals surface area contributed by atoms with Crippen LogP contribution >= 0.6 is 0 Å². The molecule has 0 saturated heterocycles. The number of aromatic hydroxyl groups is 1. The first kappa shape index (κ1) is 11.6. The van der Waals surface area contributed by atoms with Crippen molar-refractivity contribution in [3.63, 3.8) is 0 Å². The van der Waals surface area contributed by atoms with Crippen LogP contribution in [-0.2, 0) is 4.79 Å². The molecule has 1 aromatic rings. The van der Waals surface area contributed by atoms with Crippen LogP contribution in [0.2, 0.25) is 0 Å². The summed E-state index contributed by atoms with van der Waals surface area (Å²) in [4.78, 5) is 11.5. The van der Waals surface area contributed by atoms with Crippen LogP contribution in [0.1, 0.15) is 26.7 Å². The zero-order chi connectivity index (χ0) is 11.3. The summed E-state index contributed by atoms with van der Waals surface area (Å²) in [5.41, 5.74) is 0. The Morgan fingerprint density at radius 1 is 1.40 bits per heavy atom. The number of ether oxygens (including phenoxy) is 1. The van der Waals surface area contributed by atoms with E-state index in [0.29, 0.717) is 5.75 Å². The van der Waals surface area contributed by atoms with E-state index >= 15 is 0 Å². The maximum Gasteiger partial charge on any atom is 0.314 e. The number of carbonyl (C=O) groups excluding carboxylic acids is 1. The zero-order valence-electron chi connectivity index (χ0n) is 9.06. The molecule has 0 fully saturated rings. The quantitative estimate of drug-likeness (QED) is 0.611. The summed E-state index contributed by atoms with van der Waals surface area (Å²) in [6.07, 6.45) is 1.79. The Morgan fingerprint density at radius 2 is 2.00 bits per heavy atom. The molecule has 1 N–H and O–H groups in total. The third-order valence-electron chi connectivity index (χ3n) is 2.18. The van der Waals surface area contributed by atoms with Crippen molar-refractivity contribution in [1.82, 2.24) is 0 Å². The monoisotopic (exact) mass is 208 g/mol. The van der Waals surface area contributed by atoms with Gasteiger partial charge in [-0.25, -0.2) is 0 Å². The van der Waals surface area contributed by atoms with Crippen molar-refractivity contribution in [3.05, 3.63) is 24.3 Å². The van der Waals surface area contributed by atoms with E-state index in [1.54, 1.807) is 12.1 Å². The molecule has 0 saturated carbocycles. The Kier molecular flexibility index (Phi) is 4.16. The smallest absolute Gasteiger partial charge is 0.314 e. The third kappa shape index (κ3) is 3.62. The maximum atomic E-state index is 11.5. The molecule has 1 aromatic carbocycles. The Balaban J connectivity index is 2.54. The first-order valence-electron chi connectivity index (χ1n) is 5.14. The molecule has 0 heterocycles. The SMILES string of the molecule is CCCC(C)C(=O)Oc1ccc(O)cc1. The normalized spacial score (nSPS) is 12.1. The van der Waals surface area contributed by atoms with E-state index in [4.69, 9.17) is 9.84 Å². The molecule has 0 radical (unpaired) electrons. The van der Waals surface area contributed by atoms with Gasteiger partial charge in [0.25, 0.3) is 0 Å². The number of phenols is 1. The van der Waals surface area contributed by atoms with Crippen LogP contribution < -0.4 is 4.74 Å². The van der Waals surface area contributed by atoms with Gasteiger partial charge in [0, 0.05) is 0 Å². The van der Waals surface area contributed by atoms with E-state index in [1.807, 2.05) is 13.8 Å². The second-order valence-electron chi connectivity index (χ2n) is 3.60. The molecule has 3 nitrogen and oxygen atoms in total. The molecule has 82 valence electrons. The summed E-state index contributed by atoms with van der Waals surface area (Å²) in [7, 11) is 0. The lowest BCUT2D eigenvalue weighted by atomic mass is 10.1. The van der Waals surface area contributed by atoms with Crippen LogP contribution in [0.5, 0.6) is 11.5 Å². The first-order chi connectivity index (χ1) is 7.13. The fraction of sp³-hybridized carbons (Fsp3) is 0.417. The standard InChI is InChI=1S/C12H16O3/c1-3-4-9(2)12(14)15-11-7-5-10(13)6-8-11/h5-9,13H,3-4H2,1-2H3. The second kappa shape index (κ2) is 5.39. The highest BCUT2D eigenvalue weighted by molar-refractivity contribution is 5.74. The van der Waals surface area contributed by atoms with E-state index in [2.05, 4.69) is 0 Å². The minimum atomic E-state index is -0.220. The largest absolute Gasteiger partial charge is 0.508 e. The van der Waals surface area contributed by atoms with E-state index < -0.39 is 0 Å². The number of benzene rings is 1. The van der Waals surface area contributed by atoms with Gasteiger partial charge in [0.1, 0.15) is 11.5 Å². The minimum absolute atomic E-state index is 0.0798. The highest BCUT2D eigenvalue weighted by Crippen LogP contribution is 2.18. The summed E-state index contributed by atoms with van der Waals surface area (Å²) in [5, 5.41) is 9.04. The predicted molar refractivity (Wildman–Crippen MR) is 57.8 cm³/mol. The number of phenolic OH excluding ortho intramolecular Hbond substituents is 1. The Bertz CT molecular complexity index is 316. The molecule has 0 amide bonds. The number of hydrogen-bond acceptors (Lipinski definition) is 3. The van der Waals surface area contributed by atoms with Gasteiger partial charge in [-0.05, 0) is 30.7 Å². The average molecular weight is 208 g/mol. The van der Waals surface area contributed by atoms with Gasteiger partial charge in [-0.1, -0.05) is 20.3 Å². The van der Waals surface area contributed by atoms with Gasteiger partial charge in [0.15, 0.2) is 0 Å². The molecule has 3 heteroatoms. The van der Waals surface area contributed by atoms with Gasteiger partial charge in [0.05, 0.1) is 5.92 Å². The molecule has 0 aliphatic carbocycles. The molecular weight excluding hydrogens is 192 g/mol. The topological polar surface area (TPSA) is 46.5 Å². The lowest BCUT2D eigenvalue weighted by molar-refractivity contribution is -0.138. The van der Waals surface area contributed by atoms with E-state index in [-0.39, 0.29) is 17.6 Å². The van der Waals surface area contributed by atoms with E-state index in [0.717, 1.165) is 12.8 Å². The van der Waals surface area contributed by atoms with Crippen molar-refractivity contribution < 1.29 is 14.6 Å². The third-order valence-corrected chi connectivity index (χ3v) is 2.18. The Labute approximate surface area is 89.7 Å². The number of hydrogen-bond donors (Lipinski definition) is 1. The van der Waals surface area contributed by atoms with E-state index in [1.165, 1.54) is 12.1 Å². The molecule has 0 bridgehead atoms. The van der Waals surface area contributed by atoms with Crippen LogP contribution in [0.25, 0.3) is 0 Å². The molecule has 0 aliphatic rings. The van der Waals surface area contributed by atoms with Crippen LogP contribution in [0, 0.1) is 5.92 Å². The maximum absolute atomic E-state index is 11.5. The molecular formula is C12H16O3. The molecule has 0 aliphatic heterocycles. The molecule has 15 heavy (non-hydrogen) atoms. The summed E-state index contributed by atoms with van der Waals surface area (Å²) in [6.45, 7) is 3.89. The lowest BCUT2D eigenvalue weighted by Crippen LogP contribution is -2.17. The van der Waals surface area contributed by atoms with Crippen molar-refractivity contribution in [1.29, 1.82) is 0 Å². The van der Waals surface area contributed by atoms with Gasteiger partial charge in [0.2, 0.25) is 0 Å². The van der Waals surface area contributed by atoms with Crippen molar-refractivity contribution >= 4 is 5.97 Å². The highest BCUT2D eigenvalue weighted by atomic mass is 16.5. The van der Waals surface area contributed by atoms with Crippen LogP contribution in [0.4, 0.5) is 0 Å². The van der Waals surface area contributed by atoms with Crippen molar-refractivity contribution in [2.45, 2.75) is 26.7 Å². The van der Waals surface area contributed by atoms with Gasteiger partial charge in [-0.15, -0.1) is 0 Å². The first-order valence-corrected chi connectivity index (χ1v) is 5.14. The number of esters is 1. The van der Waals surface area contributed by atoms with Gasteiger partial charge in [-0.2, -0.15) is 0 Å². The second-order valence-corrected chi connectivity index (χ2v) is 3.60. The van der Waals surface area contributed by atoms with Crippen molar-refractivity contribution in [2.24, 2.45) is 5.92 Å². The fourth-order valence-corrected chi connectivity index (χ4v) is 1.28. The lowest BCUT2D eigenvalue weighted by Gasteiger charge is -2.09. The van der Waals surface area contributed by atoms with Gasteiger partial charge >= 0.3 is 5.97 Å².